The molecule has 0 aliphatic heterocycles. The minimum Gasteiger partial charge on any atom is -0.452 e. The smallest absolute Gasteiger partial charge is 0.309 e. The maximum atomic E-state index is 13.1. The van der Waals surface area contributed by atoms with Crippen LogP contribution in [-0.2, 0) is 19.1 Å². The van der Waals surface area contributed by atoms with Crippen molar-refractivity contribution in [2.75, 3.05) is 5.32 Å². The number of Topliss-reactive ketones (excluding diaryl/α,β-unsaturated/α-hetero) is 1. The van der Waals surface area contributed by atoms with E-state index in [-0.39, 0.29) is 34.2 Å². The van der Waals surface area contributed by atoms with Gasteiger partial charge in [-0.05, 0) is 50.8 Å². The number of ether oxygens (including phenoxy) is 1. The Morgan fingerprint density at radius 3 is 2.54 bits per heavy atom. The second-order valence-electron chi connectivity index (χ2n) is 7.09. The minimum absolute atomic E-state index is 0.0535. The van der Waals surface area contributed by atoms with Gasteiger partial charge in [0, 0.05) is 11.8 Å². The molecule has 7 heteroatoms. The van der Waals surface area contributed by atoms with E-state index >= 15 is 0 Å². The van der Waals surface area contributed by atoms with Crippen molar-refractivity contribution in [2.24, 2.45) is 17.8 Å². The quantitative estimate of drug-likeness (QED) is 0.806. The zero-order valence-electron chi connectivity index (χ0n) is 14.5. The molecule has 140 valence electrons. The average molecular weight is 382 g/mol. The highest BCUT2D eigenvalue weighted by atomic mass is 35.5. The van der Waals surface area contributed by atoms with Gasteiger partial charge in [-0.1, -0.05) is 18.0 Å². The molecule has 2 aliphatic carbocycles. The normalized spacial score (nSPS) is 26.1. The van der Waals surface area contributed by atoms with E-state index in [1.54, 1.807) is 0 Å². The van der Waals surface area contributed by atoms with E-state index in [0.29, 0.717) is 12.8 Å². The number of fused-ring (bicyclic) bond motifs is 2. The molecule has 1 aromatic rings. The van der Waals surface area contributed by atoms with Crippen LogP contribution in [0.25, 0.3) is 0 Å². The largest absolute Gasteiger partial charge is 0.452 e. The van der Waals surface area contributed by atoms with Crippen LogP contribution in [0.3, 0.4) is 0 Å². The summed E-state index contributed by atoms with van der Waals surface area (Å²) in [5.74, 6) is -1.67. The number of benzene rings is 1. The Bertz CT molecular complexity index is 722. The second-order valence-corrected chi connectivity index (χ2v) is 7.50. The molecule has 0 heterocycles. The zero-order chi connectivity index (χ0) is 18.8. The van der Waals surface area contributed by atoms with Crippen molar-refractivity contribution in [3.63, 3.8) is 0 Å². The fraction of sp³-hybridized carbons (Fsp3) is 0.526. The van der Waals surface area contributed by atoms with Crippen molar-refractivity contribution in [2.45, 2.75) is 45.1 Å². The predicted molar refractivity (Wildman–Crippen MR) is 94.2 cm³/mol. The third kappa shape index (κ3) is 4.06. The molecule has 2 fully saturated rings. The molecule has 0 radical (unpaired) electrons. The number of hydrogen-bond acceptors (Lipinski definition) is 4. The van der Waals surface area contributed by atoms with E-state index in [9.17, 15) is 18.8 Å². The van der Waals surface area contributed by atoms with Crippen LogP contribution >= 0.6 is 11.6 Å². The number of rotatable bonds is 4. The van der Waals surface area contributed by atoms with E-state index in [4.69, 9.17) is 16.3 Å². The van der Waals surface area contributed by atoms with Crippen LogP contribution in [0.15, 0.2) is 18.2 Å². The summed E-state index contributed by atoms with van der Waals surface area (Å²) in [6.45, 7) is 1.47. The van der Waals surface area contributed by atoms with Crippen molar-refractivity contribution >= 4 is 34.9 Å². The standard InChI is InChI=1S/C19H21ClFNO4/c1-10(18(24)22-16-6-5-14(21)9-15(16)20)26-19(25)13-7-11-3-2-4-12(8-13)17(11)23/h5-6,9-13H,2-4,7-8H2,1H3,(H,22,24)/t10-,11-,12+,13?/m0/s1. The third-order valence-electron chi connectivity index (χ3n) is 5.23. The summed E-state index contributed by atoms with van der Waals surface area (Å²) < 4.78 is 18.4. The second kappa shape index (κ2) is 7.74. The monoisotopic (exact) mass is 381 g/mol. The number of esters is 1. The van der Waals surface area contributed by atoms with Gasteiger partial charge in [0.05, 0.1) is 16.6 Å². The van der Waals surface area contributed by atoms with Gasteiger partial charge in [-0.2, -0.15) is 0 Å². The maximum absolute atomic E-state index is 13.1. The number of ketones is 1. The maximum Gasteiger partial charge on any atom is 0.309 e. The van der Waals surface area contributed by atoms with Gasteiger partial charge in [0.2, 0.25) is 0 Å². The van der Waals surface area contributed by atoms with Crippen LogP contribution in [0.5, 0.6) is 0 Å². The summed E-state index contributed by atoms with van der Waals surface area (Å²) in [4.78, 5) is 36.8. The number of amides is 1. The summed E-state index contributed by atoms with van der Waals surface area (Å²) in [6.07, 6.45) is 2.69. The third-order valence-corrected chi connectivity index (χ3v) is 5.55. The fourth-order valence-electron chi connectivity index (χ4n) is 3.82. The summed E-state index contributed by atoms with van der Waals surface area (Å²) in [5, 5.41) is 2.59. The highest BCUT2D eigenvalue weighted by molar-refractivity contribution is 6.33. The van der Waals surface area contributed by atoms with Gasteiger partial charge in [-0.15, -0.1) is 0 Å². The van der Waals surface area contributed by atoms with Crippen molar-refractivity contribution in [1.29, 1.82) is 0 Å². The van der Waals surface area contributed by atoms with Gasteiger partial charge in [0.15, 0.2) is 6.10 Å². The molecule has 1 amide bonds. The average Bonchev–Trinajstić information content (AvgIpc) is 2.56. The highest BCUT2D eigenvalue weighted by Gasteiger charge is 2.42. The van der Waals surface area contributed by atoms with Gasteiger partial charge < -0.3 is 10.1 Å². The molecule has 1 N–H and O–H groups in total. The lowest BCUT2D eigenvalue weighted by Gasteiger charge is -2.36. The predicted octanol–water partition coefficient (Wildman–Crippen LogP) is 3.74. The lowest BCUT2D eigenvalue weighted by molar-refractivity contribution is -0.161. The lowest BCUT2D eigenvalue weighted by Crippen LogP contribution is -2.41. The van der Waals surface area contributed by atoms with E-state index < -0.39 is 23.8 Å². The molecule has 26 heavy (non-hydrogen) atoms. The van der Waals surface area contributed by atoms with Crippen molar-refractivity contribution in [3.8, 4) is 0 Å². The Kier molecular flexibility index (Phi) is 5.61. The molecule has 2 saturated carbocycles. The highest BCUT2D eigenvalue weighted by Crippen LogP contribution is 2.40. The first-order valence-corrected chi connectivity index (χ1v) is 9.23. The molecule has 0 spiro atoms. The molecule has 5 nitrogen and oxygen atoms in total. The molecule has 1 unspecified atom stereocenters. The fourth-order valence-corrected chi connectivity index (χ4v) is 4.04. The summed E-state index contributed by atoms with van der Waals surface area (Å²) in [7, 11) is 0. The number of hydrogen-bond donors (Lipinski definition) is 1. The molecule has 1 aromatic carbocycles. The molecular weight excluding hydrogens is 361 g/mol. The number of nitrogens with one attached hydrogen (secondary N) is 1. The van der Waals surface area contributed by atoms with Crippen molar-refractivity contribution < 1.29 is 23.5 Å². The van der Waals surface area contributed by atoms with Crippen LogP contribution < -0.4 is 5.32 Å². The number of anilines is 1. The molecular formula is C19H21ClFNO4. The van der Waals surface area contributed by atoms with Crippen LogP contribution in [0, 0.1) is 23.6 Å². The van der Waals surface area contributed by atoms with E-state index in [2.05, 4.69) is 5.32 Å². The summed E-state index contributed by atoms with van der Waals surface area (Å²) in [6, 6.07) is 3.61. The van der Waals surface area contributed by atoms with Gasteiger partial charge in [0.25, 0.3) is 5.91 Å². The van der Waals surface area contributed by atoms with Crippen LogP contribution in [0.1, 0.15) is 39.0 Å². The van der Waals surface area contributed by atoms with E-state index in [1.165, 1.54) is 19.1 Å². The van der Waals surface area contributed by atoms with Gasteiger partial charge >= 0.3 is 5.97 Å². The number of carbonyl (C=O) groups is 3. The molecule has 0 aromatic heterocycles. The molecule has 2 aliphatic rings. The first-order chi connectivity index (χ1) is 12.3. The van der Waals surface area contributed by atoms with E-state index in [0.717, 1.165) is 25.3 Å². The van der Waals surface area contributed by atoms with E-state index in [1.807, 2.05) is 0 Å². The number of halogens is 2. The molecule has 3 rings (SSSR count). The Labute approximate surface area is 156 Å². The van der Waals surface area contributed by atoms with Crippen LogP contribution in [0.2, 0.25) is 5.02 Å². The zero-order valence-corrected chi connectivity index (χ0v) is 15.2. The SMILES string of the molecule is C[C@H](OC(=O)C1C[C@H]2CCC[C@@H](C1)C2=O)C(=O)Nc1ccc(F)cc1Cl. The summed E-state index contributed by atoms with van der Waals surface area (Å²) in [5.41, 5.74) is 0.249. The van der Waals surface area contributed by atoms with Gasteiger partial charge in [0.1, 0.15) is 11.6 Å². The van der Waals surface area contributed by atoms with Crippen molar-refractivity contribution in [3.05, 3.63) is 29.0 Å². The topological polar surface area (TPSA) is 72.5 Å². The lowest BCUT2D eigenvalue weighted by atomic mass is 9.67. The minimum atomic E-state index is -1.01. The van der Waals surface area contributed by atoms with Crippen LogP contribution in [-0.4, -0.2) is 23.8 Å². The molecule has 0 saturated heterocycles. The molecule has 4 atom stereocenters. The number of carbonyl (C=O) groups excluding carboxylic acids is 3. The Balaban J connectivity index is 1.57. The van der Waals surface area contributed by atoms with Gasteiger partial charge in [-0.3, -0.25) is 14.4 Å². The Morgan fingerprint density at radius 2 is 1.92 bits per heavy atom. The first kappa shape index (κ1) is 18.8. The first-order valence-electron chi connectivity index (χ1n) is 8.85. The molecule has 2 bridgehead atoms. The Morgan fingerprint density at radius 1 is 1.27 bits per heavy atom. The summed E-state index contributed by atoms with van der Waals surface area (Å²) >= 11 is 5.88. The Hall–Kier alpha value is -1.95. The van der Waals surface area contributed by atoms with Crippen molar-refractivity contribution in [1.82, 2.24) is 0 Å². The van der Waals surface area contributed by atoms with Crippen LogP contribution in [0.4, 0.5) is 10.1 Å². The van der Waals surface area contributed by atoms with Gasteiger partial charge in [-0.25, -0.2) is 4.39 Å².